The molecule has 0 aliphatic carbocycles. The number of ether oxygens (including phenoxy) is 2. The number of carbonyl (C=O) groups excluding carboxylic acids is 2. The van der Waals surface area contributed by atoms with E-state index in [-0.39, 0.29) is 42.3 Å². The Hall–Kier alpha value is -4.85. The summed E-state index contributed by atoms with van der Waals surface area (Å²) in [7, 11) is 1.62. The number of halogens is 2. The summed E-state index contributed by atoms with van der Waals surface area (Å²) in [5.74, 6) is -0.424. The smallest absolute Gasteiger partial charge is 0.387 e. The topological polar surface area (TPSA) is 138 Å². The molecule has 1 aliphatic rings. The van der Waals surface area contributed by atoms with Crippen molar-refractivity contribution in [3.8, 4) is 16.9 Å². The van der Waals surface area contributed by atoms with E-state index in [1.54, 1.807) is 53.3 Å². The number of hydrogen-bond acceptors (Lipinski definition) is 9. The van der Waals surface area contributed by atoms with Gasteiger partial charge in [-0.2, -0.15) is 8.78 Å². The minimum atomic E-state index is -2.97. The van der Waals surface area contributed by atoms with Crippen LogP contribution in [0.4, 0.5) is 14.7 Å². The summed E-state index contributed by atoms with van der Waals surface area (Å²) in [6.07, 6.45) is 3.39. The van der Waals surface area contributed by atoms with Gasteiger partial charge in [0.05, 0.1) is 17.4 Å². The highest BCUT2D eigenvalue weighted by molar-refractivity contribution is 5.85. The van der Waals surface area contributed by atoms with Gasteiger partial charge in [-0.25, -0.2) is 9.97 Å². The number of fused-ring (bicyclic) bond motifs is 1. The molecule has 14 heteroatoms. The van der Waals surface area contributed by atoms with Crippen LogP contribution in [0, 0.1) is 5.92 Å². The number of carbonyl (C=O) groups is 2. The molecule has 2 unspecified atom stereocenters. The fourth-order valence-corrected chi connectivity index (χ4v) is 5.48. The Morgan fingerprint density at radius 1 is 1.07 bits per heavy atom. The van der Waals surface area contributed by atoms with Crippen LogP contribution in [0.25, 0.3) is 22.0 Å². The molecule has 46 heavy (non-hydrogen) atoms. The lowest BCUT2D eigenvalue weighted by molar-refractivity contribution is -0.154. The van der Waals surface area contributed by atoms with E-state index in [4.69, 9.17) is 15.2 Å². The van der Waals surface area contributed by atoms with Crippen molar-refractivity contribution in [1.29, 1.82) is 0 Å². The number of para-hydroxylation sites is 1. The zero-order valence-electron chi connectivity index (χ0n) is 26.1. The Kier molecular flexibility index (Phi) is 9.65. The van der Waals surface area contributed by atoms with Gasteiger partial charge in [-0.05, 0) is 36.6 Å². The third kappa shape index (κ3) is 6.86. The average molecular weight is 638 g/mol. The number of alkyl halides is 2. The van der Waals surface area contributed by atoms with E-state index < -0.39 is 18.6 Å². The van der Waals surface area contributed by atoms with Crippen molar-refractivity contribution in [3.05, 3.63) is 70.8 Å². The molecule has 0 spiro atoms. The van der Waals surface area contributed by atoms with Gasteiger partial charge in [0, 0.05) is 56.2 Å². The van der Waals surface area contributed by atoms with Crippen LogP contribution in [0.15, 0.2) is 59.7 Å². The number of rotatable bonds is 10. The Morgan fingerprint density at radius 3 is 2.46 bits per heavy atom. The molecule has 12 nitrogen and oxygen atoms in total. The zero-order chi connectivity index (χ0) is 33.1. The first-order chi connectivity index (χ1) is 21.9. The van der Waals surface area contributed by atoms with E-state index in [0.717, 1.165) is 11.1 Å². The Balaban J connectivity index is 1.29. The highest BCUT2D eigenvalue weighted by Gasteiger charge is 2.30. The molecule has 0 saturated carbocycles. The van der Waals surface area contributed by atoms with Crippen molar-refractivity contribution in [1.82, 2.24) is 24.2 Å². The lowest BCUT2D eigenvalue weighted by atomic mass is 10.1. The number of hydrogen-bond donors (Lipinski definition) is 1. The fraction of sp³-hybridized carbons (Fsp3) is 0.406. The van der Waals surface area contributed by atoms with E-state index in [9.17, 15) is 23.2 Å². The molecule has 5 rings (SSSR count). The van der Waals surface area contributed by atoms with Crippen LogP contribution in [-0.4, -0.2) is 81.0 Å². The first kappa shape index (κ1) is 32.5. The van der Waals surface area contributed by atoms with E-state index in [0.29, 0.717) is 42.0 Å². The number of nitrogens with zero attached hydrogens (tertiary/aromatic N) is 6. The predicted octanol–water partition coefficient (Wildman–Crippen LogP) is 3.01. The van der Waals surface area contributed by atoms with Crippen molar-refractivity contribution >= 4 is 28.7 Å². The Morgan fingerprint density at radius 2 is 1.78 bits per heavy atom. The number of esters is 1. The van der Waals surface area contributed by atoms with E-state index in [1.165, 1.54) is 10.7 Å². The molecule has 1 amide bonds. The maximum Gasteiger partial charge on any atom is 0.387 e. The van der Waals surface area contributed by atoms with Gasteiger partial charge in [0.1, 0.15) is 11.8 Å². The van der Waals surface area contributed by atoms with Gasteiger partial charge in [0.15, 0.2) is 6.61 Å². The second-order valence-corrected chi connectivity index (χ2v) is 11.6. The number of benzene rings is 2. The molecule has 3 heterocycles. The average Bonchev–Trinajstić information content (AvgIpc) is 3.27. The van der Waals surface area contributed by atoms with Crippen molar-refractivity contribution in [3.63, 3.8) is 0 Å². The Labute approximate surface area is 264 Å². The number of amides is 1. The summed E-state index contributed by atoms with van der Waals surface area (Å²) in [6, 6.07) is 10.9. The number of piperazine rings is 1. The Bertz CT molecular complexity index is 1770. The van der Waals surface area contributed by atoms with Gasteiger partial charge >= 0.3 is 12.6 Å². The molecular formula is C32H37F2N7O5. The van der Waals surface area contributed by atoms with Crippen LogP contribution in [0.1, 0.15) is 26.3 Å². The first-order valence-electron chi connectivity index (χ1n) is 15.0. The summed E-state index contributed by atoms with van der Waals surface area (Å²) in [5.41, 5.74) is 8.20. The standard InChI is InChI=1S/C32H37F2N7O5/c1-19(2)28(35)30(44)45-18-27(42)40-12-11-39(16-20(40)3)32-36-14-23(15-37-32)21-9-10-24-25(13-21)41(38(4)29(24)43)17-22-7-5-6-8-26(22)46-31(33)34/h5-10,13-15,19-20,28,31H,11-12,16-18,35H2,1-4H3. The maximum absolute atomic E-state index is 13.0. The molecule has 244 valence electrons. The van der Waals surface area contributed by atoms with Gasteiger partial charge in [-0.1, -0.05) is 38.1 Å². The van der Waals surface area contributed by atoms with Gasteiger partial charge in [-0.3, -0.25) is 23.7 Å². The normalized spacial score (nSPS) is 15.9. The van der Waals surface area contributed by atoms with Gasteiger partial charge in [0.2, 0.25) is 5.95 Å². The molecule has 2 N–H and O–H groups in total. The molecule has 0 bridgehead atoms. The maximum atomic E-state index is 13.0. The summed E-state index contributed by atoms with van der Waals surface area (Å²) in [6.45, 7) is 3.73. The molecular weight excluding hydrogens is 600 g/mol. The van der Waals surface area contributed by atoms with Gasteiger partial charge in [-0.15, -0.1) is 0 Å². The monoisotopic (exact) mass is 637 g/mol. The minimum Gasteiger partial charge on any atom is -0.454 e. The lowest BCUT2D eigenvalue weighted by Crippen LogP contribution is -2.55. The van der Waals surface area contributed by atoms with Crippen LogP contribution >= 0.6 is 0 Å². The van der Waals surface area contributed by atoms with Crippen LogP contribution in [0.2, 0.25) is 0 Å². The lowest BCUT2D eigenvalue weighted by Gasteiger charge is -2.39. The SMILES string of the molecule is CC(C)C(N)C(=O)OCC(=O)N1CCN(c2ncc(-c3ccc4c(=O)n(C)n(Cc5ccccc5OC(F)F)c4c3)cn2)CC1C. The summed E-state index contributed by atoms with van der Waals surface area (Å²) >= 11 is 0. The minimum absolute atomic E-state index is 0.0428. The molecule has 1 aliphatic heterocycles. The number of anilines is 1. The number of nitrogens with two attached hydrogens (primary N) is 1. The highest BCUT2D eigenvalue weighted by atomic mass is 19.3. The summed E-state index contributed by atoms with van der Waals surface area (Å²) < 4.78 is 39.0. The van der Waals surface area contributed by atoms with Crippen molar-refractivity contribution < 1.29 is 27.8 Å². The molecule has 0 radical (unpaired) electrons. The number of aromatic nitrogens is 4. The molecule has 1 saturated heterocycles. The zero-order valence-corrected chi connectivity index (χ0v) is 26.1. The van der Waals surface area contributed by atoms with Crippen LogP contribution < -0.4 is 20.9 Å². The van der Waals surface area contributed by atoms with E-state index >= 15 is 0 Å². The first-order valence-corrected chi connectivity index (χ1v) is 15.0. The third-order valence-electron chi connectivity index (χ3n) is 8.20. The van der Waals surface area contributed by atoms with Gasteiger partial charge in [0.25, 0.3) is 11.5 Å². The fourth-order valence-electron chi connectivity index (χ4n) is 5.48. The predicted molar refractivity (Wildman–Crippen MR) is 168 cm³/mol. The largest absolute Gasteiger partial charge is 0.454 e. The third-order valence-corrected chi connectivity index (χ3v) is 8.20. The van der Waals surface area contributed by atoms with Crippen molar-refractivity contribution in [2.45, 2.75) is 46.0 Å². The summed E-state index contributed by atoms with van der Waals surface area (Å²) in [5, 5.41) is 0.481. The van der Waals surface area contributed by atoms with E-state index in [1.807, 2.05) is 37.8 Å². The van der Waals surface area contributed by atoms with Crippen LogP contribution in [0.5, 0.6) is 5.75 Å². The van der Waals surface area contributed by atoms with Crippen molar-refractivity contribution in [2.24, 2.45) is 18.7 Å². The molecule has 2 aromatic heterocycles. The quantitative estimate of drug-likeness (QED) is 0.260. The van der Waals surface area contributed by atoms with Crippen LogP contribution in [-0.2, 0) is 27.9 Å². The second-order valence-electron chi connectivity index (χ2n) is 11.6. The highest BCUT2D eigenvalue weighted by Crippen LogP contribution is 2.27. The second kappa shape index (κ2) is 13.6. The van der Waals surface area contributed by atoms with Crippen LogP contribution in [0.3, 0.4) is 0 Å². The molecule has 2 aromatic carbocycles. The molecule has 4 aromatic rings. The van der Waals surface area contributed by atoms with Gasteiger partial charge < -0.3 is 25.0 Å². The molecule has 1 fully saturated rings. The summed E-state index contributed by atoms with van der Waals surface area (Å²) in [4.78, 5) is 50.6. The molecule has 2 atom stereocenters. The van der Waals surface area contributed by atoms with Crippen molar-refractivity contribution in [2.75, 3.05) is 31.1 Å². The van der Waals surface area contributed by atoms with E-state index in [2.05, 4.69) is 9.97 Å².